The Morgan fingerprint density at radius 1 is 1.29 bits per heavy atom. The van der Waals surface area contributed by atoms with Crippen LogP contribution in [0.25, 0.3) is 0 Å². The van der Waals surface area contributed by atoms with Crippen LogP contribution in [0.5, 0.6) is 0 Å². The van der Waals surface area contributed by atoms with Crippen molar-refractivity contribution in [3.8, 4) is 0 Å². The number of carbonyl (C=O) groups is 2. The largest absolute Gasteiger partial charge is 0.465 e. The number of benzene rings is 1. The Balaban J connectivity index is 2.69. The number of nitrogens with one attached hydrogen (secondary N) is 1. The zero-order valence-corrected chi connectivity index (χ0v) is 13.4. The van der Waals surface area contributed by atoms with Gasteiger partial charge in [0, 0.05) is 13.0 Å². The molecule has 1 aromatic carbocycles. The van der Waals surface area contributed by atoms with Crippen LogP contribution >= 0.6 is 11.6 Å². The number of carbonyl (C=O) groups excluding carboxylic acids is 2. The van der Waals surface area contributed by atoms with Crippen molar-refractivity contribution in [2.45, 2.75) is 20.3 Å². The van der Waals surface area contributed by atoms with E-state index in [9.17, 15) is 9.59 Å². The molecule has 1 amide bonds. The predicted molar refractivity (Wildman–Crippen MR) is 83.8 cm³/mol. The second-order valence-electron chi connectivity index (χ2n) is 4.51. The van der Waals surface area contributed by atoms with Crippen LogP contribution < -0.4 is 5.32 Å². The molecule has 0 aliphatic heterocycles. The maximum absolute atomic E-state index is 11.9. The first kappa shape index (κ1) is 17.5. The van der Waals surface area contributed by atoms with E-state index in [0.29, 0.717) is 29.2 Å². The molecular formula is C15H21ClN2O3. The van der Waals surface area contributed by atoms with Crippen LogP contribution in [-0.2, 0) is 9.53 Å². The lowest BCUT2D eigenvalue weighted by Crippen LogP contribution is -2.27. The highest BCUT2D eigenvalue weighted by molar-refractivity contribution is 6.33. The number of rotatable bonds is 7. The molecule has 0 aliphatic rings. The molecule has 0 unspecified atom stereocenters. The summed E-state index contributed by atoms with van der Waals surface area (Å²) in [4.78, 5) is 25.6. The number of hydrogen-bond acceptors (Lipinski definition) is 4. The summed E-state index contributed by atoms with van der Waals surface area (Å²) < 4.78 is 4.64. The van der Waals surface area contributed by atoms with Gasteiger partial charge in [0.1, 0.15) is 0 Å². The summed E-state index contributed by atoms with van der Waals surface area (Å²) in [5.41, 5.74) is 0.769. The Bertz CT molecular complexity index is 502. The van der Waals surface area contributed by atoms with E-state index in [-0.39, 0.29) is 5.91 Å². The van der Waals surface area contributed by atoms with Crippen molar-refractivity contribution in [3.63, 3.8) is 0 Å². The number of anilines is 1. The van der Waals surface area contributed by atoms with Gasteiger partial charge in [0.15, 0.2) is 0 Å². The van der Waals surface area contributed by atoms with Crippen LogP contribution in [0.15, 0.2) is 18.2 Å². The van der Waals surface area contributed by atoms with Crippen LogP contribution in [0.3, 0.4) is 0 Å². The predicted octanol–water partition coefficient (Wildman–Crippen LogP) is 2.80. The second kappa shape index (κ2) is 8.64. The first-order valence-electron chi connectivity index (χ1n) is 6.91. The lowest BCUT2D eigenvalue weighted by atomic mass is 10.2. The molecule has 21 heavy (non-hydrogen) atoms. The average molecular weight is 313 g/mol. The maximum Gasteiger partial charge on any atom is 0.337 e. The summed E-state index contributed by atoms with van der Waals surface area (Å²) in [5, 5.41) is 3.12. The number of esters is 1. The molecule has 0 heterocycles. The number of amides is 1. The smallest absolute Gasteiger partial charge is 0.337 e. The van der Waals surface area contributed by atoms with Gasteiger partial charge in [0.05, 0.1) is 23.4 Å². The topological polar surface area (TPSA) is 58.6 Å². The van der Waals surface area contributed by atoms with Gasteiger partial charge >= 0.3 is 5.97 Å². The first-order valence-corrected chi connectivity index (χ1v) is 7.29. The molecule has 0 radical (unpaired) electrons. The van der Waals surface area contributed by atoms with Gasteiger partial charge in [0.25, 0.3) is 0 Å². The zero-order chi connectivity index (χ0) is 15.8. The summed E-state index contributed by atoms with van der Waals surface area (Å²) in [6.07, 6.45) is 0.375. The molecule has 0 aromatic heterocycles. The molecule has 0 bridgehead atoms. The van der Waals surface area contributed by atoms with E-state index in [2.05, 4.69) is 28.8 Å². The third-order valence-corrected chi connectivity index (χ3v) is 3.54. The third-order valence-electron chi connectivity index (χ3n) is 3.21. The van der Waals surface area contributed by atoms with Gasteiger partial charge in [-0.1, -0.05) is 25.4 Å². The van der Waals surface area contributed by atoms with E-state index < -0.39 is 5.97 Å². The van der Waals surface area contributed by atoms with Crippen LogP contribution in [0.4, 0.5) is 5.69 Å². The van der Waals surface area contributed by atoms with E-state index in [1.165, 1.54) is 13.2 Å². The Labute approximate surface area is 130 Å². The molecule has 1 N–H and O–H groups in total. The molecule has 0 saturated heterocycles. The quantitative estimate of drug-likeness (QED) is 0.787. The fourth-order valence-electron chi connectivity index (χ4n) is 1.88. The average Bonchev–Trinajstić information content (AvgIpc) is 2.49. The van der Waals surface area contributed by atoms with Crippen molar-refractivity contribution >= 4 is 29.2 Å². The Morgan fingerprint density at radius 3 is 2.52 bits per heavy atom. The van der Waals surface area contributed by atoms with Gasteiger partial charge in [-0.3, -0.25) is 4.79 Å². The monoisotopic (exact) mass is 312 g/mol. The second-order valence-corrected chi connectivity index (χ2v) is 4.92. The summed E-state index contributed by atoms with van der Waals surface area (Å²) in [5.74, 6) is -0.601. The van der Waals surface area contributed by atoms with Gasteiger partial charge in [-0.25, -0.2) is 4.79 Å². The van der Waals surface area contributed by atoms with E-state index in [1.807, 2.05) is 0 Å². The Kier molecular flexibility index (Phi) is 7.19. The van der Waals surface area contributed by atoms with Crippen LogP contribution in [0.2, 0.25) is 5.02 Å². The molecule has 6 heteroatoms. The molecule has 0 saturated carbocycles. The molecule has 0 aliphatic carbocycles. The van der Waals surface area contributed by atoms with Crippen molar-refractivity contribution in [3.05, 3.63) is 28.8 Å². The molecule has 0 fully saturated rings. The molecule has 0 atom stereocenters. The lowest BCUT2D eigenvalue weighted by molar-refractivity contribution is -0.116. The standard InChI is InChI=1S/C15H21ClN2O3/c1-4-18(5-2)9-8-14(19)17-13-10-11(15(20)21-3)6-7-12(13)16/h6-7,10H,4-5,8-9H2,1-3H3,(H,17,19). The number of ether oxygens (including phenoxy) is 1. The Hall–Kier alpha value is -1.59. The minimum absolute atomic E-state index is 0.134. The van der Waals surface area contributed by atoms with E-state index >= 15 is 0 Å². The van der Waals surface area contributed by atoms with E-state index in [0.717, 1.165) is 13.1 Å². The molecule has 5 nitrogen and oxygen atoms in total. The fraction of sp³-hybridized carbons (Fsp3) is 0.467. The summed E-state index contributed by atoms with van der Waals surface area (Å²) in [6.45, 7) is 6.61. The van der Waals surface area contributed by atoms with Gasteiger partial charge < -0.3 is 15.0 Å². The molecular weight excluding hydrogens is 292 g/mol. The summed E-state index contributed by atoms with van der Waals surface area (Å²) in [7, 11) is 1.30. The number of hydrogen-bond donors (Lipinski definition) is 1. The molecule has 116 valence electrons. The van der Waals surface area contributed by atoms with Gasteiger partial charge in [-0.05, 0) is 31.3 Å². The fourth-order valence-corrected chi connectivity index (χ4v) is 2.04. The number of methoxy groups -OCH3 is 1. The van der Waals surface area contributed by atoms with Crippen molar-refractivity contribution < 1.29 is 14.3 Å². The van der Waals surface area contributed by atoms with Gasteiger partial charge in [-0.2, -0.15) is 0 Å². The van der Waals surface area contributed by atoms with Crippen molar-refractivity contribution in [1.29, 1.82) is 0 Å². The normalized spacial score (nSPS) is 10.5. The highest BCUT2D eigenvalue weighted by Gasteiger charge is 2.12. The molecule has 1 rings (SSSR count). The highest BCUT2D eigenvalue weighted by atomic mass is 35.5. The molecule has 0 spiro atoms. The highest BCUT2D eigenvalue weighted by Crippen LogP contribution is 2.23. The van der Waals surface area contributed by atoms with Crippen LogP contribution in [0.1, 0.15) is 30.6 Å². The minimum atomic E-state index is -0.467. The number of halogens is 1. The van der Waals surface area contributed by atoms with Crippen molar-refractivity contribution in [2.24, 2.45) is 0 Å². The van der Waals surface area contributed by atoms with Gasteiger partial charge in [0.2, 0.25) is 5.91 Å². The SMILES string of the molecule is CCN(CC)CCC(=O)Nc1cc(C(=O)OC)ccc1Cl. The minimum Gasteiger partial charge on any atom is -0.465 e. The van der Waals surface area contributed by atoms with Crippen LogP contribution in [-0.4, -0.2) is 43.5 Å². The summed E-state index contributed by atoms with van der Waals surface area (Å²) in [6, 6.07) is 4.64. The summed E-state index contributed by atoms with van der Waals surface area (Å²) >= 11 is 6.03. The maximum atomic E-state index is 11.9. The number of nitrogens with zero attached hydrogens (tertiary/aromatic N) is 1. The lowest BCUT2D eigenvalue weighted by Gasteiger charge is -2.17. The zero-order valence-electron chi connectivity index (χ0n) is 12.6. The van der Waals surface area contributed by atoms with Crippen LogP contribution in [0, 0.1) is 0 Å². The van der Waals surface area contributed by atoms with E-state index in [1.54, 1.807) is 12.1 Å². The first-order chi connectivity index (χ1) is 10.0. The molecule has 1 aromatic rings. The Morgan fingerprint density at radius 2 is 1.95 bits per heavy atom. The van der Waals surface area contributed by atoms with Gasteiger partial charge in [-0.15, -0.1) is 0 Å². The van der Waals surface area contributed by atoms with Crippen molar-refractivity contribution in [1.82, 2.24) is 4.90 Å². The van der Waals surface area contributed by atoms with E-state index in [4.69, 9.17) is 11.6 Å². The third kappa shape index (κ3) is 5.36. The van der Waals surface area contributed by atoms with Crippen molar-refractivity contribution in [2.75, 3.05) is 32.1 Å².